The molecule has 29 heavy (non-hydrogen) atoms. The van der Waals surface area contributed by atoms with Crippen molar-refractivity contribution in [1.82, 2.24) is 15.3 Å². The molecule has 146 valence electrons. The molecule has 0 saturated carbocycles. The average molecular weight is 390 g/mol. The summed E-state index contributed by atoms with van der Waals surface area (Å²) < 4.78 is 4.98. The highest BCUT2D eigenvalue weighted by atomic mass is 16.5. The van der Waals surface area contributed by atoms with E-state index in [4.69, 9.17) is 4.74 Å². The van der Waals surface area contributed by atoms with Gasteiger partial charge >= 0.3 is 5.97 Å². The summed E-state index contributed by atoms with van der Waals surface area (Å²) in [7, 11) is 0. The summed E-state index contributed by atoms with van der Waals surface area (Å²) >= 11 is 0. The zero-order valence-electron chi connectivity index (χ0n) is 15.6. The molecule has 0 atom stereocenters. The van der Waals surface area contributed by atoms with E-state index in [0.29, 0.717) is 23.5 Å². The normalized spacial score (nSPS) is 10.1. The van der Waals surface area contributed by atoms with Crippen molar-refractivity contribution in [2.75, 3.05) is 5.32 Å². The summed E-state index contributed by atoms with van der Waals surface area (Å²) in [5.41, 5.74) is 2.06. The van der Waals surface area contributed by atoms with Gasteiger partial charge in [-0.25, -0.2) is 4.98 Å². The first-order valence-corrected chi connectivity index (χ1v) is 8.74. The number of anilines is 1. The quantitative estimate of drug-likeness (QED) is 0.494. The molecule has 0 aliphatic rings. The minimum atomic E-state index is -0.450. The van der Waals surface area contributed by atoms with Crippen LogP contribution in [-0.4, -0.2) is 27.8 Å². The van der Waals surface area contributed by atoms with E-state index >= 15 is 0 Å². The molecule has 0 bridgehead atoms. The Labute approximate surface area is 167 Å². The predicted octanol–water partition coefficient (Wildman–Crippen LogP) is 2.58. The first-order valence-electron chi connectivity index (χ1n) is 8.74. The number of nitrogens with zero attached hydrogens (tertiary/aromatic N) is 2. The predicted molar refractivity (Wildman–Crippen MR) is 105 cm³/mol. The van der Waals surface area contributed by atoms with Crippen molar-refractivity contribution in [3.8, 4) is 5.75 Å². The van der Waals surface area contributed by atoms with Crippen molar-refractivity contribution in [1.29, 1.82) is 0 Å². The van der Waals surface area contributed by atoms with Crippen molar-refractivity contribution in [3.05, 3.63) is 83.9 Å². The van der Waals surface area contributed by atoms with E-state index in [-0.39, 0.29) is 17.5 Å². The van der Waals surface area contributed by atoms with Gasteiger partial charge in [0.2, 0.25) is 0 Å². The molecular weight excluding hydrogens is 372 g/mol. The van der Waals surface area contributed by atoms with Crippen LogP contribution in [0, 0.1) is 0 Å². The zero-order valence-corrected chi connectivity index (χ0v) is 15.6. The van der Waals surface area contributed by atoms with Crippen LogP contribution in [0.25, 0.3) is 0 Å². The van der Waals surface area contributed by atoms with Gasteiger partial charge in [-0.2, -0.15) is 0 Å². The fourth-order valence-corrected chi connectivity index (χ4v) is 2.47. The van der Waals surface area contributed by atoms with Crippen molar-refractivity contribution >= 4 is 23.5 Å². The molecule has 2 aromatic carbocycles. The highest BCUT2D eigenvalue weighted by Gasteiger charge is 2.09. The molecule has 0 radical (unpaired) electrons. The van der Waals surface area contributed by atoms with Gasteiger partial charge in [-0.3, -0.25) is 19.4 Å². The maximum Gasteiger partial charge on any atom is 0.308 e. The first-order chi connectivity index (χ1) is 14.0. The first kappa shape index (κ1) is 19.7. The standard InChI is InChI=1S/C21H18N4O4/c1-14(26)29-18-4-2-3-16(11-18)20(27)24-12-15-5-7-17(8-6-15)25-21(28)19-13-22-9-10-23-19/h2-11,13H,12H2,1H3,(H,24,27)(H,25,28). The van der Waals surface area contributed by atoms with Gasteiger partial charge in [0.1, 0.15) is 11.4 Å². The van der Waals surface area contributed by atoms with E-state index in [1.54, 1.807) is 42.5 Å². The van der Waals surface area contributed by atoms with E-state index in [0.717, 1.165) is 5.56 Å². The van der Waals surface area contributed by atoms with Crippen LogP contribution >= 0.6 is 0 Å². The topological polar surface area (TPSA) is 110 Å². The lowest BCUT2D eigenvalue weighted by Crippen LogP contribution is -2.22. The number of hydrogen-bond acceptors (Lipinski definition) is 6. The SMILES string of the molecule is CC(=O)Oc1cccc(C(=O)NCc2ccc(NC(=O)c3cnccn3)cc2)c1. The number of hydrogen-bond donors (Lipinski definition) is 2. The van der Waals surface area contributed by atoms with Gasteiger partial charge in [0.15, 0.2) is 0 Å². The number of ether oxygens (including phenoxy) is 1. The van der Waals surface area contributed by atoms with Crippen LogP contribution < -0.4 is 15.4 Å². The fraction of sp³-hybridized carbons (Fsp3) is 0.0952. The van der Waals surface area contributed by atoms with E-state index in [9.17, 15) is 14.4 Å². The lowest BCUT2D eigenvalue weighted by atomic mass is 10.1. The van der Waals surface area contributed by atoms with Crippen LogP contribution in [0.15, 0.2) is 67.1 Å². The van der Waals surface area contributed by atoms with Crippen molar-refractivity contribution in [2.45, 2.75) is 13.5 Å². The Hall–Kier alpha value is -4.07. The van der Waals surface area contributed by atoms with Crippen molar-refractivity contribution < 1.29 is 19.1 Å². The highest BCUT2D eigenvalue weighted by Crippen LogP contribution is 2.14. The molecule has 3 rings (SSSR count). The molecule has 0 aliphatic carbocycles. The molecule has 8 nitrogen and oxygen atoms in total. The second-order valence-electron chi connectivity index (χ2n) is 6.05. The summed E-state index contributed by atoms with van der Waals surface area (Å²) in [4.78, 5) is 43.2. The van der Waals surface area contributed by atoms with Crippen molar-refractivity contribution in [2.24, 2.45) is 0 Å². The Morgan fingerprint density at radius 2 is 1.79 bits per heavy atom. The van der Waals surface area contributed by atoms with Crippen LogP contribution in [0.4, 0.5) is 5.69 Å². The number of carbonyl (C=O) groups excluding carboxylic acids is 3. The van der Waals surface area contributed by atoms with Gasteiger partial charge in [-0.1, -0.05) is 18.2 Å². The van der Waals surface area contributed by atoms with Gasteiger partial charge in [0.05, 0.1) is 6.20 Å². The van der Waals surface area contributed by atoms with Crippen LogP contribution in [0.1, 0.15) is 33.3 Å². The molecule has 2 N–H and O–H groups in total. The highest BCUT2D eigenvalue weighted by molar-refractivity contribution is 6.02. The number of benzene rings is 2. The van der Waals surface area contributed by atoms with Gasteiger partial charge in [0, 0.05) is 37.1 Å². The van der Waals surface area contributed by atoms with E-state index in [1.165, 1.54) is 31.6 Å². The third-order valence-electron chi connectivity index (χ3n) is 3.82. The summed E-state index contributed by atoms with van der Waals surface area (Å²) in [6, 6.07) is 13.4. The lowest BCUT2D eigenvalue weighted by Gasteiger charge is -2.08. The molecule has 0 unspecified atom stereocenters. The van der Waals surface area contributed by atoms with Gasteiger partial charge in [-0.05, 0) is 35.9 Å². The Bertz CT molecular complexity index is 1020. The largest absolute Gasteiger partial charge is 0.427 e. The van der Waals surface area contributed by atoms with Crippen molar-refractivity contribution in [3.63, 3.8) is 0 Å². The maximum absolute atomic E-state index is 12.3. The average Bonchev–Trinajstić information content (AvgIpc) is 2.73. The second kappa shape index (κ2) is 9.23. The number of amides is 2. The molecule has 1 heterocycles. The molecule has 0 aliphatic heterocycles. The number of rotatable bonds is 6. The summed E-state index contributed by atoms with van der Waals surface area (Å²) in [6.07, 6.45) is 4.32. The minimum Gasteiger partial charge on any atom is -0.427 e. The smallest absolute Gasteiger partial charge is 0.308 e. The minimum absolute atomic E-state index is 0.222. The van der Waals surface area contributed by atoms with Crippen LogP contribution in [0.3, 0.4) is 0 Å². The van der Waals surface area contributed by atoms with Crippen LogP contribution in [0.2, 0.25) is 0 Å². The lowest BCUT2D eigenvalue weighted by molar-refractivity contribution is -0.131. The van der Waals surface area contributed by atoms with Gasteiger partial charge in [-0.15, -0.1) is 0 Å². The molecule has 2 amide bonds. The maximum atomic E-state index is 12.3. The fourth-order valence-electron chi connectivity index (χ4n) is 2.47. The summed E-state index contributed by atoms with van der Waals surface area (Å²) in [5.74, 6) is -0.784. The number of esters is 1. The molecular formula is C21H18N4O4. The summed E-state index contributed by atoms with van der Waals surface area (Å²) in [5, 5.41) is 5.52. The summed E-state index contributed by atoms with van der Waals surface area (Å²) in [6.45, 7) is 1.60. The molecule has 0 fully saturated rings. The Balaban J connectivity index is 1.55. The third-order valence-corrected chi connectivity index (χ3v) is 3.82. The van der Waals surface area contributed by atoms with Crippen LogP contribution in [-0.2, 0) is 11.3 Å². The van der Waals surface area contributed by atoms with E-state index < -0.39 is 5.97 Å². The van der Waals surface area contributed by atoms with E-state index in [1.807, 2.05) is 0 Å². The Morgan fingerprint density at radius 3 is 2.48 bits per heavy atom. The number of nitrogens with one attached hydrogen (secondary N) is 2. The molecule has 0 saturated heterocycles. The molecule has 3 aromatic rings. The Kier molecular flexibility index (Phi) is 6.26. The second-order valence-corrected chi connectivity index (χ2v) is 6.05. The van der Waals surface area contributed by atoms with E-state index in [2.05, 4.69) is 20.6 Å². The number of aromatic nitrogens is 2. The van der Waals surface area contributed by atoms with Gasteiger partial charge < -0.3 is 15.4 Å². The van der Waals surface area contributed by atoms with Crippen LogP contribution in [0.5, 0.6) is 5.75 Å². The molecule has 1 aromatic heterocycles. The molecule has 0 spiro atoms. The third kappa shape index (κ3) is 5.70. The molecule has 8 heteroatoms. The monoisotopic (exact) mass is 390 g/mol. The number of carbonyl (C=O) groups is 3. The Morgan fingerprint density at radius 1 is 1.00 bits per heavy atom. The van der Waals surface area contributed by atoms with Gasteiger partial charge in [0.25, 0.3) is 11.8 Å². The zero-order chi connectivity index (χ0) is 20.6.